The monoisotopic (exact) mass is 369 g/mol. The number of ether oxygens (including phenoxy) is 1. The summed E-state index contributed by atoms with van der Waals surface area (Å²) in [6.07, 6.45) is 5.09. The maximum Gasteiger partial charge on any atom is 0.331 e. The number of hydrogen-bond donors (Lipinski definition) is 2. The van der Waals surface area contributed by atoms with Crippen molar-refractivity contribution < 1.29 is 18.3 Å². The number of allylic oxidation sites excluding steroid dienone is 2. The third kappa shape index (κ3) is 5.75. The quantitative estimate of drug-likeness (QED) is 0.299. The Labute approximate surface area is 147 Å². The van der Waals surface area contributed by atoms with Crippen LogP contribution in [0.25, 0.3) is 0 Å². The van der Waals surface area contributed by atoms with Crippen LogP contribution in [-0.2, 0) is 9.53 Å². The first-order valence-corrected chi connectivity index (χ1v) is 8.26. The maximum atomic E-state index is 12.1. The first-order chi connectivity index (χ1) is 12.1. The van der Waals surface area contributed by atoms with Crippen molar-refractivity contribution in [2.24, 2.45) is 15.7 Å². The van der Waals surface area contributed by atoms with Crippen LogP contribution in [0.1, 0.15) is 17.8 Å². The molecule has 1 aliphatic rings. The highest BCUT2D eigenvalue weighted by Crippen LogP contribution is 2.20. The number of nitrogens with one attached hydrogen (secondary N) is 1. The van der Waals surface area contributed by atoms with Crippen LogP contribution in [-0.4, -0.2) is 43.2 Å². The van der Waals surface area contributed by atoms with E-state index in [1.54, 1.807) is 6.20 Å². The van der Waals surface area contributed by atoms with Gasteiger partial charge in [-0.2, -0.15) is 8.78 Å². The van der Waals surface area contributed by atoms with Crippen molar-refractivity contribution in [2.45, 2.75) is 19.4 Å². The maximum absolute atomic E-state index is 12.1. The number of halogens is 2. The normalized spacial score (nSPS) is 15.5. The zero-order valence-corrected chi connectivity index (χ0v) is 14.0. The smallest absolute Gasteiger partial charge is 0.331 e. The third-order valence-corrected chi connectivity index (χ3v) is 4.00. The lowest BCUT2D eigenvalue weighted by Crippen LogP contribution is -2.31. The molecule has 1 aromatic rings. The lowest BCUT2D eigenvalue weighted by Gasteiger charge is -2.21. The van der Waals surface area contributed by atoms with Gasteiger partial charge in [-0.1, -0.05) is 0 Å². The Balaban J connectivity index is 2.16. The summed E-state index contributed by atoms with van der Waals surface area (Å²) >= 11 is 1.44. The summed E-state index contributed by atoms with van der Waals surface area (Å²) in [5.41, 5.74) is 7.75. The number of hydrogen-bond acceptors (Lipinski definition) is 8. The number of alkyl halides is 2. The van der Waals surface area contributed by atoms with Crippen molar-refractivity contribution in [3.8, 4) is 0 Å². The molecule has 0 fully saturated rings. The van der Waals surface area contributed by atoms with Crippen LogP contribution in [0.15, 0.2) is 44.6 Å². The van der Waals surface area contributed by atoms with E-state index < -0.39 is 6.55 Å². The van der Waals surface area contributed by atoms with Crippen molar-refractivity contribution in [2.75, 3.05) is 13.2 Å². The number of aliphatic imine (C=N–C) groups is 2. The zero-order valence-electron chi connectivity index (χ0n) is 13.2. The molecule has 3 N–H and O–H groups in total. The lowest BCUT2D eigenvalue weighted by molar-refractivity contribution is -0.128. The van der Waals surface area contributed by atoms with Crippen molar-refractivity contribution in [1.29, 1.82) is 0 Å². The molecule has 134 valence electrons. The van der Waals surface area contributed by atoms with Crippen LogP contribution in [0, 0.1) is 0 Å². The Hall–Kier alpha value is -2.62. The highest BCUT2D eigenvalue weighted by atomic mass is 32.1. The van der Waals surface area contributed by atoms with E-state index in [2.05, 4.69) is 25.0 Å². The average Bonchev–Trinajstić information content (AvgIpc) is 3.13. The summed E-state index contributed by atoms with van der Waals surface area (Å²) in [6, 6.07) is 0. The first-order valence-electron chi connectivity index (χ1n) is 7.38. The van der Waals surface area contributed by atoms with Crippen LogP contribution >= 0.6 is 11.3 Å². The van der Waals surface area contributed by atoms with Gasteiger partial charge in [-0.15, -0.1) is 11.3 Å². The summed E-state index contributed by atoms with van der Waals surface area (Å²) in [5, 5.41) is 5.76. The second-order valence-electron chi connectivity index (χ2n) is 4.85. The summed E-state index contributed by atoms with van der Waals surface area (Å²) in [4.78, 5) is 21.8. The molecule has 0 atom stereocenters. The van der Waals surface area contributed by atoms with E-state index in [9.17, 15) is 13.6 Å². The molecule has 0 saturated carbocycles. The second-order valence-corrected chi connectivity index (χ2v) is 5.75. The molecule has 0 saturated heterocycles. The van der Waals surface area contributed by atoms with E-state index in [1.807, 2.05) is 5.38 Å². The minimum atomic E-state index is -2.78. The molecule has 10 heteroatoms. The molecule has 2 rings (SSSR count). The van der Waals surface area contributed by atoms with Crippen LogP contribution in [0.5, 0.6) is 0 Å². The zero-order chi connectivity index (χ0) is 18.1. The fourth-order valence-electron chi connectivity index (χ4n) is 2.12. The summed E-state index contributed by atoms with van der Waals surface area (Å²) < 4.78 is 28.9. The standard InChI is InChI=1S/C15H17F2N5O2S/c16-15(17)20-4-3-11(18)10-8-21-13(14-19-5-7-25-14)22-12(10)2-1-6-24-9-23/h3-5,7,9,15H,1-2,6,8,18H2,(H,21,22). The van der Waals surface area contributed by atoms with Gasteiger partial charge in [0, 0.05) is 34.8 Å². The van der Waals surface area contributed by atoms with E-state index in [0.717, 1.165) is 16.9 Å². The Bertz CT molecular complexity index is 699. The molecule has 2 heterocycles. The van der Waals surface area contributed by atoms with Gasteiger partial charge < -0.3 is 15.8 Å². The molecule has 1 aromatic heterocycles. The van der Waals surface area contributed by atoms with Crippen molar-refractivity contribution in [3.05, 3.63) is 39.6 Å². The summed E-state index contributed by atoms with van der Waals surface area (Å²) in [5.74, 6) is 0.624. The average molecular weight is 369 g/mol. The highest BCUT2D eigenvalue weighted by molar-refractivity contribution is 7.11. The number of carbonyl (C=O) groups excluding carboxylic acids is 1. The van der Waals surface area contributed by atoms with E-state index in [4.69, 9.17) is 5.73 Å². The molecule has 0 aromatic carbocycles. The highest BCUT2D eigenvalue weighted by Gasteiger charge is 2.18. The van der Waals surface area contributed by atoms with E-state index in [-0.39, 0.29) is 13.2 Å². The second kappa shape index (κ2) is 9.62. The molecule has 0 bridgehead atoms. The number of nitrogens with two attached hydrogens (primary N) is 1. The minimum absolute atomic E-state index is 0.266. The molecule has 0 aliphatic carbocycles. The van der Waals surface area contributed by atoms with Gasteiger partial charge in [0.05, 0.1) is 13.2 Å². The molecule has 0 unspecified atom stereocenters. The van der Waals surface area contributed by atoms with Gasteiger partial charge >= 0.3 is 6.55 Å². The van der Waals surface area contributed by atoms with Gasteiger partial charge in [0.15, 0.2) is 10.8 Å². The van der Waals surface area contributed by atoms with E-state index >= 15 is 0 Å². The Morgan fingerprint density at radius 2 is 2.40 bits per heavy atom. The first kappa shape index (κ1) is 18.7. The molecular weight excluding hydrogens is 352 g/mol. The van der Waals surface area contributed by atoms with Gasteiger partial charge in [0.25, 0.3) is 6.47 Å². The van der Waals surface area contributed by atoms with Gasteiger partial charge in [0.2, 0.25) is 0 Å². The van der Waals surface area contributed by atoms with Gasteiger partial charge in [0.1, 0.15) is 0 Å². The van der Waals surface area contributed by atoms with Crippen LogP contribution in [0.2, 0.25) is 0 Å². The van der Waals surface area contributed by atoms with Gasteiger partial charge in [-0.25, -0.2) is 9.98 Å². The van der Waals surface area contributed by atoms with Crippen molar-refractivity contribution in [1.82, 2.24) is 10.3 Å². The van der Waals surface area contributed by atoms with E-state index in [0.29, 0.717) is 36.4 Å². The number of aromatic nitrogens is 1. The molecule has 25 heavy (non-hydrogen) atoms. The predicted octanol–water partition coefficient (Wildman–Crippen LogP) is 1.84. The molecule has 0 radical (unpaired) electrons. The number of thiazole rings is 1. The number of nitrogens with zero attached hydrogens (tertiary/aromatic N) is 3. The third-order valence-electron chi connectivity index (χ3n) is 3.22. The summed E-state index contributed by atoms with van der Waals surface area (Å²) in [7, 11) is 0. The predicted molar refractivity (Wildman–Crippen MR) is 91.7 cm³/mol. The molecule has 1 aliphatic heterocycles. The molecule has 0 amide bonds. The number of carbonyl (C=O) groups is 1. The Morgan fingerprint density at radius 3 is 3.08 bits per heavy atom. The SMILES string of the molecule is NC(=CC=NC(F)F)C1=C(CCCOC=O)NC(c2nccs2)=NC1. The van der Waals surface area contributed by atoms with Crippen molar-refractivity contribution in [3.63, 3.8) is 0 Å². The van der Waals surface area contributed by atoms with Crippen LogP contribution in [0.4, 0.5) is 8.78 Å². The topological polar surface area (TPSA) is 102 Å². The Kier molecular flexibility index (Phi) is 7.20. The van der Waals surface area contributed by atoms with Gasteiger partial charge in [-0.3, -0.25) is 9.79 Å². The lowest BCUT2D eigenvalue weighted by atomic mass is 10.0. The number of amidine groups is 1. The molecule has 0 spiro atoms. The van der Waals surface area contributed by atoms with Crippen molar-refractivity contribution >= 4 is 29.9 Å². The van der Waals surface area contributed by atoms with E-state index in [1.165, 1.54) is 17.4 Å². The molecular formula is C15H17F2N5O2S. The number of rotatable bonds is 9. The largest absolute Gasteiger partial charge is 0.468 e. The molecule has 7 nitrogen and oxygen atoms in total. The fraction of sp³-hybridized carbons (Fsp3) is 0.333. The fourth-order valence-corrected chi connectivity index (χ4v) is 2.72. The summed E-state index contributed by atoms with van der Waals surface area (Å²) in [6.45, 7) is -1.84. The van der Waals surface area contributed by atoms with Crippen LogP contribution in [0.3, 0.4) is 0 Å². The van der Waals surface area contributed by atoms with Gasteiger partial charge in [-0.05, 0) is 18.9 Å². The Morgan fingerprint density at radius 1 is 1.56 bits per heavy atom. The minimum Gasteiger partial charge on any atom is -0.468 e. The van der Waals surface area contributed by atoms with Crippen LogP contribution < -0.4 is 11.1 Å².